The number of nitrogens with zero attached hydrogens (tertiary/aromatic N) is 3. The minimum absolute atomic E-state index is 0.0742. The standard InChI is InChI=1S/C22H21F3N4O4S/c1-14-4-2-3-5-17(14)18-13-34(31,32)11-10-29(18)21(30)26-12-15-6-8-16(9-7-15)19-27-28-20(33-19)22(23,24)25/h2-9,18H,10-13H2,1H3,(H,26,30). The van der Waals surface area contributed by atoms with Crippen molar-refractivity contribution in [3.63, 3.8) is 0 Å². The molecule has 1 aliphatic heterocycles. The van der Waals surface area contributed by atoms with E-state index in [-0.39, 0.29) is 30.5 Å². The topological polar surface area (TPSA) is 105 Å². The first kappa shape index (κ1) is 23.7. The second-order valence-electron chi connectivity index (χ2n) is 7.95. The van der Waals surface area contributed by atoms with Crippen molar-refractivity contribution < 1.29 is 30.8 Å². The third kappa shape index (κ3) is 5.22. The number of hydrogen-bond acceptors (Lipinski definition) is 6. The van der Waals surface area contributed by atoms with Gasteiger partial charge >= 0.3 is 18.1 Å². The Bertz CT molecular complexity index is 1290. The lowest BCUT2D eigenvalue weighted by Gasteiger charge is -2.36. The molecule has 1 fully saturated rings. The number of rotatable bonds is 4. The Morgan fingerprint density at radius 3 is 2.50 bits per heavy atom. The number of sulfone groups is 1. The van der Waals surface area contributed by atoms with Crippen molar-refractivity contribution >= 4 is 15.9 Å². The third-order valence-electron chi connectivity index (χ3n) is 5.55. The zero-order valence-corrected chi connectivity index (χ0v) is 18.9. The molecule has 2 aromatic carbocycles. The van der Waals surface area contributed by atoms with Gasteiger partial charge in [-0.05, 0) is 35.7 Å². The van der Waals surface area contributed by atoms with E-state index >= 15 is 0 Å². The van der Waals surface area contributed by atoms with Crippen molar-refractivity contribution in [3.8, 4) is 11.5 Å². The van der Waals surface area contributed by atoms with Crippen LogP contribution in [0.4, 0.5) is 18.0 Å². The van der Waals surface area contributed by atoms with Crippen LogP contribution >= 0.6 is 0 Å². The van der Waals surface area contributed by atoms with Gasteiger partial charge in [0.2, 0.25) is 5.89 Å². The van der Waals surface area contributed by atoms with E-state index < -0.39 is 34.0 Å². The molecule has 4 rings (SSSR count). The highest BCUT2D eigenvalue weighted by Gasteiger charge is 2.38. The Labute approximate surface area is 193 Å². The fourth-order valence-electron chi connectivity index (χ4n) is 3.77. The van der Waals surface area contributed by atoms with E-state index in [1.165, 1.54) is 17.0 Å². The van der Waals surface area contributed by atoms with Gasteiger partial charge in [-0.1, -0.05) is 36.4 Å². The molecule has 1 aromatic heterocycles. The lowest BCUT2D eigenvalue weighted by molar-refractivity contribution is -0.156. The monoisotopic (exact) mass is 494 g/mol. The zero-order valence-electron chi connectivity index (χ0n) is 18.0. The quantitative estimate of drug-likeness (QED) is 0.592. The number of halogens is 3. The molecule has 0 radical (unpaired) electrons. The van der Waals surface area contributed by atoms with Gasteiger partial charge < -0.3 is 14.6 Å². The van der Waals surface area contributed by atoms with Gasteiger partial charge in [0.25, 0.3) is 0 Å². The van der Waals surface area contributed by atoms with E-state index in [0.717, 1.165) is 11.1 Å². The molecule has 2 heterocycles. The number of aromatic nitrogens is 2. The predicted octanol–water partition coefficient (Wildman–Crippen LogP) is 3.75. The fraction of sp³-hybridized carbons (Fsp3) is 0.318. The molecule has 12 heteroatoms. The van der Waals surface area contributed by atoms with Gasteiger partial charge in [-0.25, -0.2) is 13.2 Å². The van der Waals surface area contributed by atoms with Crippen LogP contribution in [0.15, 0.2) is 52.9 Å². The molecule has 180 valence electrons. The van der Waals surface area contributed by atoms with E-state index in [9.17, 15) is 26.4 Å². The second kappa shape index (κ2) is 9.09. The highest BCUT2D eigenvalue weighted by Crippen LogP contribution is 2.31. The Balaban J connectivity index is 1.44. The van der Waals surface area contributed by atoms with Gasteiger partial charge in [0.05, 0.1) is 17.5 Å². The lowest BCUT2D eigenvalue weighted by atomic mass is 10.0. The van der Waals surface area contributed by atoms with Gasteiger partial charge in [-0.15, -0.1) is 10.2 Å². The summed E-state index contributed by atoms with van der Waals surface area (Å²) in [5.41, 5.74) is 2.67. The van der Waals surface area contributed by atoms with Crippen LogP contribution in [0.2, 0.25) is 0 Å². The average molecular weight is 494 g/mol. The predicted molar refractivity (Wildman–Crippen MR) is 116 cm³/mol. The Hall–Kier alpha value is -3.41. The summed E-state index contributed by atoms with van der Waals surface area (Å²) in [4.78, 5) is 14.5. The second-order valence-corrected chi connectivity index (χ2v) is 10.2. The van der Waals surface area contributed by atoms with Crippen LogP contribution in [-0.2, 0) is 22.6 Å². The largest absolute Gasteiger partial charge is 0.470 e. The number of hydrogen-bond donors (Lipinski definition) is 1. The molecule has 0 aliphatic carbocycles. The highest BCUT2D eigenvalue weighted by molar-refractivity contribution is 7.91. The van der Waals surface area contributed by atoms with Crippen molar-refractivity contribution in [3.05, 3.63) is 71.1 Å². The molecular weight excluding hydrogens is 473 g/mol. The fourth-order valence-corrected chi connectivity index (χ4v) is 5.25. The molecule has 1 saturated heterocycles. The molecule has 1 aliphatic rings. The van der Waals surface area contributed by atoms with E-state index in [0.29, 0.717) is 11.1 Å². The summed E-state index contributed by atoms with van der Waals surface area (Å²) >= 11 is 0. The first-order valence-corrected chi connectivity index (χ1v) is 12.2. The van der Waals surface area contributed by atoms with E-state index in [4.69, 9.17) is 0 Å². The molecule has 1 atom stereocenters. The van der Waals surface area contributed by atoms with Gasteiger partial charge in [0.15, 0.2) is 9.84 Å². The first-order valence-electron chi connectivity index (χ1n) is 10.3. The Morgan fingerprint density at radius 2 is 1.85 bits per heavy atom. The summed E-state index contributed by atoms with van der Waals surface area (Å²) in [5.74, 6) is -1.95. The van der Waals surface area contributed by atoms with Crippen molar-refractivity contribution in [2.45, 2.75) is 25.7 Å². The number of alkyl halides is 3. The number of carbonyl (C=O) groups excluding carboxylic acids is 1. The number of benzene rings is 2. The van der Waals surface area contributed by atoms with Crippen LogP contribution in [0.5, 0.6) is 0 Å². The molecule has 34 heavy (non-hydrogen) atoms. The summed E-state index contributed by atoms with van der Waals surface area (Å²) in [6.07, 6.45) is -4.72. The van der Waals surface area contributed by atoms with Gasteiger partial charge in [-0.3, -0.25) is 0 Å². The maximum absolute atomic E-state index is 12.9. The van der Waals surface area contributed by atoms with Crippen molar-refractivity contribution in [1.82, 2.24) is 20.4 Å². The van der Waals surface area contributed by atoms with Gasteiger partial charge in [0, 0.05) is 18.7 Å². The molecule has 3 aromatic rings. The van der Waals surface area contributed by atoms with Gasteiger partial charge in [-0.2, -0.15) is 13.2 Å². The van der Waals surface area contributed by atoms with Crippen LogP contribution in [0.3, 0.4) is 0 Å². The summed E-state index contributed by atoms with van der Waals surface area (Å²) in [7, 11) is -3.28. The summed E-state index contributed by atoms with van der Waals surface area (Å²) in [6.45, 7) is 2.08. The van der Waals surface area contributed by atoms with E-state index in [1.54, 1.807) is 12.1 Å². The molecule has 0 saturated carbocycles. The van der Waals surface area contributed by atoms with E-state index in [2.05, 4.69) is 19.9 Å². The smallest absolute Gasteiger partial charge is 0.413 e. The van der Waals surface area contributed by atoms with E-state index in [1.807, 2.05) is 31.2 Å². The number of nitrogens with one attached hydrogen (secondary N) is 1. The number of urea groups is 1. The normalized spacial score (nSPS) is 18.0. The molecule has 1 N–H and O–H groups in total. The van der Waals surface area contributed by atoms with Crippen LogP contribution in [0, 0.1) is 6.92 Å². The first-order chi connectivity index (χ1) is 16.0. The molecule has 0 spiro atoms. The summed E-state index contributed by atoms with van der Waals surface area (Å²) < 4.78 is 67.1. The molecule has 8 nitrogen and oxygen atoms in total. The zero-order chi connectivity index (χ0) is 24.5. The summed E-state index contributed by atoms with van der Waals surface area (Å²) in [5, 5.41) is 9.20. The Kier molecular flexibility index (Phi) is 6.34. The third-order valence-corrected chi connectivity index (χ3v) is 7.18. The minimum Gasteiger partial charge on any atom is -0.413 e. The lowest BCUT2D eigenvalue weighted by Crippen LogP contribution is -2.50. The Morgan fingerprint density at radius 1 is 1.15 bits per heavy atom. The maximum Gasteiger partial charge on any atom is 0.470 e. The average Bonchev–Trinajstić information content (AvgIpc) is 3.29. The maximum atomic E-state index is 12.9. The number of carbonyl (C=O) groups is 1. The van der Waals surface area contributed by atoms with Crippen molar-refractivity contribution in [2.24, 2.45) is 0 Å². The van der Waals surface area contributed by atoms with Gasteiger partial charge in [0.1, 0.15) is 0 Å². The van der Waals surface area contributed by atoms with Crippen LogP contribution < -0.4 is 5.32 Å². The van der Waals surface area contributed by atoms with Crippen LogP contribution in [-0.4, -0.2) is 47.6 Å². The highest BCUT2D eigenvalue weighted by atomic mass is 32.2. The van der Waals surface area contributed by atoms with Crippen molar-refractivity contribution in [2.75, 3.05) is 18.1 Å². The number of amides is 2. The van der Waals surface area contributed by atoms with Crippen molar-refractivity contribution in [1.29, 1.82) is 0 Å². The molecular formula is C22H21F3N4O4S. The SMILES string of the molecule is Cc1ccccc1C1CS(=O)(=O)CCN1C(=O)NCc1ccc(-c2nnc(C(F)(F)F)o2)cc1. The molecule has 0 bridgehead atoms. The summed E-state index contributed by atoms with van der Waals surface area (Å²) in [6, 6.07) is 12.6. The minimum atomic E-state index is -4.72. The molecule has 2 amide bonds. The number of aryl methyl sites for hydroxylation is 1. The van der Waals surface area contributed by atoms with Crippen LogP contribution in [0.1, 0.15) is 28.6 Å². The van der Waals surface area contributed by atoms with Crippen LogP contribution in [0.25, 0.3) is 11.5 Å². The molecule has 1 unspecified atom stereocenters.